The van der Waals surface area contributed by atoms with E-state index in [0.717, 1.165) is 0 Å². The van der Waals surface area contributed by atoms with Gasteiger partial charge in [0.1, 0.15) is 0 Å². The van der Waals surface area contributed by atoms with Crippen molar-refractivity contribution >= 4 is 0 Å². The predicted molar refractivity (Wildman–Crippen MR) is 133 cm³/mol. The highest BCUT2D eigenvalue weighted by atomic mass is 14.4. The molecule has 0 N–H and O–H groups in total. The van der Waals surface area contributed by atoms with Crippen LogP contribution in [0.25, 0.3) is 11.1 Å². The van der Waals surface area contributed by atoms with Crippen molar-refractivity contribution in [3.8, 4) is 11.1 Å². The summed E-state index contributed by atoms with van der Waals surface area (Å²) in [5.41, 5.74) is 6.41. The van der Waals surface area contributed by atoms with Crippen molar-refractivity contribution in [2.45, 2.75) is 111 Å². The van der Waals surface area contributed by atoms with E-state index in [1.807, 2.05) is 0 Å². The number of rotatable bonds is 8. The van der Waals surface area contributed by atoms with Crippen molar-refractivity contribution in [3.63, 3.8) is 0 Å². The molecular formula is C29H46. The highest BCUT2D eigenvalue weighted by Gasteiger charge is 2.41. The first-order chi connectivity index (χ1) is 14.2. The van der Waals surface area contributed by atoms with Gasteiger partial charge >= 0.3 is 0 Å². The number of hydrogen-bond donors (Lipinski definition) is 0. The molecule has 0 radical (unpaired) electrons. The standard InChI is InChI=1S/C23H30.2C3H8/c1-3-5-11-17-23(18-12-6-4-2)21-15-9-7-13-19(21)20-14-8-10-16-22(20)23;2*1-3-2/h7-10,13-16H,3-6,11-12,17-18H2,1-2H3;2*3H2,1-2H3. The van der Waals surface area contributed by atoms with E-state index in [1.165, 1.54) is 75.3 Å². The third kappa shape index (κ3) is 6.73. The molecule has 2 aromatic rings. The Balaban J connectivity index is 0.000000626. The van der Waals surface area contributed by atoms with Crippen molar-refractivity contribution in [2.75, 3.05) is 0 Å². The molecule has 0 saturated carbocycles. The second-order valence-electron chi connectivity index (χ2n) is 8.50. The lowest BCUT2D eigenvalue weighted by molar-refractivity contribution is 0.405. The maximum atomic E-state index is 2.40. The van der Waals surface area contributed by atoms with E-state index in [0.29, 0.717) is 0 Å². The van der Waals surface area contributed by atoms with Crippen molar-refractivity contribution < 1.29 is 0 Å². The summed E-state index contributed by atoms with van der Waals surface area (Å²) in [5, 5.41) is 0. The Labute approximate surface area is 182 Å². The zero-order valence-electron chi connectivity index (χ0n) is 20.2. The summed E-state index contributed by atoms with van der Waals surface area (Å²) in [6.45, 7) is 13.1. The van der Waals surface area contributed by atoms with Crippen LogP contribution in [0.5, 0.6) is 0 Å². The first kappa shape index (κ1) is 25.5. The van der Waals surface area contributed by atoms with E-state index < -0.39 is 0 Å². The second-order valence-corrected chi connectivity index (χ2v) is 8.50. The van der Waals surface area contributed by atoms with E-state index in [9.17, 15) is 0 Å². The fourth-order valence-electron chi connectivity index (χ4n) is 4.43. The van der Waals surface area contributed by atoms with Gasteiger partial charge in [0.15, 0.2) is 0 Å². The molecule has 162 valence electrons. The number of benzene rings is 2. The molecule has 0 aromatic heterocycles. The van der Waals surface area contributed by atoms with Crippen molar-refractivity contribution in [1.82, 2.24) is 0 Å². The molecule has 0 fully saturated rings. The van der Waals surface area contributed by atoms with Crippen LogP contribution < -0.4 is 0 Å². The molecular weight excluding hydrogens is 348 g/mol. The summed E-state index contributed by atoms with van der Waals surface area (Å²) in [4.78, 5) is 0. The molecule has 0 aliphatic heterocycles. The molecule has 3 rings (SSSR count). The molecule has 0 spiro atoms. The number of fused-ring (bicyclic) bond motifs is 3. The van der Waals surface area contributed by atoms with Gasteiger partial charge < -0.3 is 0 Å². The average molecular weight is 395 g/mol. The first-order valence-corrected chi connectivity index (χ1v) is 12.4. The summed E-state index contributed by atoms with van der Waals surface area (Å²) < 4.78 is 0. The molecule has 0 nitrogen and oxygen atoms in total. The smallest absolute Gasteiger partial charge is 0.0215 e. The number of unbranched alkanes of at least 4 members (excludes halogenated alkanes) is 4. The van der Waals surface area contributed by atoms with Gasteiger partial charge in [-0.15, -0.1) is 0 Å². The minimum atomic E-state index is 0.261. The molecule has 0 amide bonds. The maximum absolute atomic E-state index is 2.40. The second kappa shape index (κ2) is 14.4. The van der Waals surface area contributed by atoms with Gasteiger partial charge in [-0.1, -0.05) is 141 Å². The third-order valence-corrected chi connectivity index (χ3v) is 5.59. The molecule has 1 aliphatic carbocycles. The van der Waals surface area contributed by atoms with Crippen LogP contribution >= 0.6 is 0 Å². The van der Waals surface area contributed by atoms with Crippen molar-refractivity contribution in [3.05, 3.63) is 59.7 Å². The fourth-order valence-corrected chi connectivity index (χ4v) is 4.43. The van der Waals surface area contributed by atoms with Crippen molar-refractivity contribution in [1.29, 1.82) is 0 Å². The largest absolute Gasteiger partial charge is 0.0656 e. The molecule has 0 heterocycles. The lowest BCUT2D eigenvalue weighted by atomic mass is 9.71. The lowest BCUT2D eigenvalue weighted by Crippen LogP contribution is -2.25. The van der Waals surface area contributed by atoms with E-state index in [4.69, 9.17) is 0 Å². The first-order valence-electron chi connectivity index (χ1n) is 12.4. The van der Waals surface area contributed by atoms with E-state index in [-0.39, 0.29) is 5.41 Å². The predicted octanol–water partition coefficient (Wildman–Crippen LogP) is 9.95. The van der Waals surface area contributed by atoms with Crippen LogP contribution in [-0.4, -0.2) is 0 Å². The van der Waals surface area contributed by atoms with Crippen LogP contribution in [0, 0.1) is 0 Å². The molecule has 2 aromatic carbocycles. The molecule has 0 atom stereocenters. The zero-order valence-corrected chi connectivity index (χ0v) is 20.2. The van der Waals surface area contributed by atoms with E-state index in [2.05, 4.69) is 90.1 Å². The highest BCUT2D eigenvalue weighted by molar-refractivity contribution is 5.80. The highest BCUT2D eigenvalue weighted by Crippen LogP contribution is 2.53. The normalized spacial score (nSPS) is 12.8. The summed E-state index contributed by atoms with van der Waals surface area (Å²) in [5.74, 6) is 0. The molecule has 0 saturated heterocycles. The third-order valence-electron chi connectivity index (χ3n) is 5.59. The van der Waals surface area contributed by atoms with Gasteiger partial charge in [-0.2, -0.15) is 0 Å². The van der Waals surface area contributed by atoms with Gasteiger partial charge in [0.25, 0.3) is 0 Å². The Morgan fingerprint density at radius 2 is 0.862 bits per heavy atom. The quantitative estimate of drug-likeness (QED) is 0.391. The maximum Gasteiger partial charge on any atom is 0.0215 e. The van der Waals surface area contributed by atoms with Crippen LogP contribution in [0.15, 0.2) is 48.5 Å². The Bertz CT molecular complexity index is 608. The molecule has 0 bridgehead atoms. The summed E-state index contributed by atoms with van der Waals surface area (Å²) in [6, 6.07) is 18.3. The van der Waals surface area contributed by atoms with Gasteiger partial charge in [-0.3, -0.25) is 0 Å². The summed E-state index contributed by atoms with van der Waals surface area (Å²) >= 11 is 0. The molecule has 0 unspecified atom stereocenters. The molecule has 29 heavy (non-hydrogen) atoms. The van der Waals surface area contributed by atoms with Gasteiger partial charge in [0.2, 0.25) is 0 Å². The van der Waals surface area contributed by atoms with E-state index >= 15 is 0 Å². The Kier molecular flexibility index (Phi) is 12.7. The topological polar surface area (TPSA) is 0 Å². The van der Waals surface area contributed by atoms with Gasteiger partial charge in [0.05, 0.1) is 0 Å². The van der Waals surface area contributed by atoms with Crippen LogP contribution in [0.2, 0.25) is 0 Å². The summed E-state index contributed by atoms with van der Waals surface area (Å²) in [6.07, 6.45) is 13.1. The summed E-state index contributed by atoms with van der Waals surface area (Å²) in [7, 11) is 0. The average Bonchev–Trinajstić information content (AvgIpc) is 3.01. The fraction of sp³-hybridized carbons (Fsp3) is 0.586. The van der Waals surface area contributed by atoms with Gasteiger partial charge in [-0.05, 0) is 35.1 Å². The number of hydrogen-bond acceptors (Lipinski definition) is 0. The minimum Gasteiger partial charge on any atom is -0.0656 e. The zero-order chi connectivity index (χ0) is 21.5. The van der Waals surface area contributed by atoms with Crippen molar-refractivity contribution in [2.24, 2.45) is 0 Å². The van der Waals surface area contributed by atoms with Crippen LogP contribution in [0.3, 0.4) is 0 Å². The Hall–Kier alpha value is -1.56. The molecule has 1 aliphatic rings. The van der Waals surface area contributed by atoms with Crippen LogP contribution in [0.4, 0.5) is 0 Å². The lowest BCUT2D eigenvalue weighted by Gasteiger charge is -2.32. The monoisotopic (exact) mass is 394 g/mol. The van der Waals surface area contributed by atoms with Crippen LogP contribution in [0.1, 0.15) is 117 Å². The Morgan fingerprint density at radius 3 is 1.21 bits per heavy atom. The van der Waals surface area contributed by atoms with Gasteiger partial charge in [0, 0.05) is 5.41 Å². The van der Waals surface area contributed by atoms with Gasteiger partial charge in [-0.25, -0.2) is 0 Å². The van der Waals surface area contributed by atoms with Crippen LogP contribution in [-0.2, 0) is 5.41 Å². The Morgan fingerprint density at radius 1 is 0.517 bits per heavy atom. The molecule has 0 heteroatoms. The SMILES string of the molecule is CCC.CCC.CCCCCC1(CCCCC)c2ccccc2-c2ccccc21. The van der Waals surface area contributed by atoms with E-state index in [1.54, 1.807) is 11.1 Å². The minimum absolute atomic E-state index is 0.261.